The lowest BCUT2D eigenvalue weighted by molar-refractivity contribution is 0.268. The summed E-state index contributed by atoms with van der Waals surface area (Å²) >= 11 is 0. The van der Waals surface area contributed by atoms with Crippen LogP contribution in [0.2, 0.25) is 18.1 Å². The smallest absolute Gasteiger partial charge is 0.191 e. The Kier molecular flexibility index (Phi) is 6.79. The number of ether oxygens (including phenoxy) is 1. The topological polar surface area (TPSA) is 18.5 Å². The Morgan fingerprint density at radius 2 is 1.88 bits per heavy atom. The zero-order valence-electron chi connectivity index (χ0n) is 12.3. The van der Waals surface area contributed by atoms with Crippen molar-refractivity contribution in [1.29, 1.82) is 0 Å². The van der Waals surface area contributed by atoms with Gasteiger partial charge in [-0.25, -0.2) is 0 Å². The van der Waals surface area contributed by atoms with Crippen LogP contribution < -0.4 is 0 Å². The van der Waals surface area contributed by atoms with Crippen molar-refractivity contribution in [2.75, 3.05) is 13.2 Å². The molecule has 0 radical (unpaired) electrons. The Balaban J connectivity index is 3.96. The molecular weight excluding hydrogens is 228 g/mol. The van der Waals surface area contributed by atoms with E-state index in [-0.39, 0.29) is 5.04 Å². The molecule has 0 spiro atoms. The molecule has 0 unspecified atom stereocenters. The zero-order chi connectivity index (χ0) is 13.5. The van der Waals surface area contributed by atoms with Gasteiger partial charge in [-0.1, -0.05) is 27.4 Å². The molecule has 0 aliphatic heterocycles. The molecule has 0 aromatic carbocycles. The van der Waals surface area contributed by atoms with Gasteiger partial charge in [-0.2, -0.15) is 0 Å². The van der Waals surface area contributed by atoms with Gasteiger partial charge in [0.1, 0.15) is 0 Å². The maximum Gasteiger partial charge on any atom is 0.191 e. The predicted molar refractivity (Wildman–Crippen MR) is 77.7 cm³/mol. The highest BCUT2D eigenvalue weighted by Crippen LogP contribution is 2.36. The molecule has 0 atom stereocenters. The van der Waals surface area contributed by atoms with Gasteiger partial charge >= 0.3 is 0 Å². The van der Waals surface area contributed by atoms with Gasteiger partial charge in [0.05, 0.1) is 12.9 Å². The second kappa shape index (κ2) is 7.02. The molecule has 0 aromatic heterocycles. The molecular formula is C14H28O2Si. The Bertz CT molecular complexity index is 262. The summed E-state index contributed by atoms with van der Waals surface area (Å²) in [5.74, 6) is 0. The fraction of sp³-hybridized carbons (Fsp3) is 0.714. The Morgan fingerprint density at radius 1 is 1.29 bits per heavy atom. The largest absolute Gasteiger partial charge is 0.501 e. The molecule has 100 valence electrons. The first-order valence-corrected chi connectivity index (χ1v) is 9.21. The Hall–Kier alpha value is -0.543. The minimum Gasteiger partial charge on any atom is -0.501 e. The summed E-state index contributed by atoms with van der Waals surface area (Å²) in [5.41, 5.74) is 1.05. The molecule has 0 heterocycles. The van der Waals surface area contributed by atoms with E-state index in [1.165, 1.54) is 0 Å². The van der Waals surface area contributed by atoms with E-state index in [4.69, 9.17) is 9.16 Å². The van der Waals surface area contributed by atoms with Crippen LogP contribution in [0, 0.1) is 0 Å². The van der Waals surface area contributed by atoms with Gasteiger partial charge in [0.15, 0.2) is 8.32 Å². The van der Waals surface area contributed by atoms with Crippen LogP contribution in [0.5, 0.6) is 0 Å². The van der Waals surface area contributed by atoms with Gasteiger partial charge in [-0.05, 0) is 43.1 Å². The molecule has 0 aromatic rings. The minimum atomic E-state index is -1.61. The Labute approximate surface area is 108 Å². The van der Waals surface area contributed by atoms with Crippen LogP contribution in [0.25, 0.3) is 0 Å². The first-order chi connectivity index (χ1) is 7.70. The maximum absolute atomic E-state index is 6.07. The summed E-state index contributed by atoms with van der Waals surface area (Å²) in [4.78, 5) is 0. The predicted octanol–water partition coefficient (Wildman–Crippen LogP) is 4.50. The van der Waals surface area contributed by atoms with Gasteiger partial charge in [-0.15, -0.1) is 0 Å². The zero-order valence-corrected chi connectivity index (χ0v) is 13.3. The molecule has 0 amide bonds. The Morgan fingerprint density at radius 3 is 2.35 bits per heavy atom. The lowest BCUT2D eigenvalue weighted by Gasteiger charge is -2.36. The SMILES string of the molecule is C=C(/C=C/OCC)CCO[Si](C)(C)C(C)(C)C. The van der Waals surface area contributed by atoms with E-state index >= 15 is 0 Å². The van der Waals surface area contributed by atoms with Crippen molar-refractivity contribution < 1.29 is 9.16 Å². The lowest BCUT2D eigenvalue weighted by atomic mass is 10.2. The third-order valence-electron chi connectivity index (χ3n) is 3.26. The van der Waals surface area contributed by atoms with Crippen LogP contribution in [0.15, 0.2) is 24.5 Å². The van der Waals surface area contributed by atoms with E-state index in [0.717, 1.165) is 18.6 Å². The molecule has 3 heteroatoms. The third-order valence-corrected chi connectivity index (χ3v) is 7.80. The van der Waals surface area contributed by atoms with E-state index in [1.807, 2.05) is 13.0 Å². The van der Waals surface area contributed by atoms with Gasteiger partial charge in [0.2, 0.25) is 0 Å². The summed E-state index contributed by atoms with van der Waals surface area (Å²) in [5, 5.41) is 0.273. The summed E-state index contributed by atoms with van der Waals surface area (Å²) in [6.07, 6.45) is 4.49. The fourth-order valence-electron chi connectivity index (χ4n) is 0.978. The van der Waals surface area contributed by atoms with Gasteiger partial charge in [0, 0.05) is 6.61 Å². The lowest BCUT2D eigenvalue weighted by Crippen LogP contribution is -2.40. The maximum atomic E-state index is 6.07. The molecule has 0 fully saturated rings. The first kappa shape index (κ1) is 16.5. The molecule has 0 bridgehead atoms. The molecule has 0 rings (SSSR count). The average Bonchev–Trinajstić information content (AvgIpc) is 2.16. The number of allylic oxidation sites excluding steroid dienone is 1. The highest BCUT2D eigenvalue weighted by atomic mass is 28.4. The van der Waals surface area contributed by atoms with Crippen LogP contribution >= 0.6 is 0 Å². The number of hydrogen-bond acceptors (Lipinski definition) is 2. The van der Waals surface area contributed by atoms with Crippen LogP contribution in [0.1, 0.15) is 34.1 Å². The molecule has 0 N–H and O–H groups in total. The molecule has 2 nitrogen and oxygen atoms in total. The quantitative estimate of drug-likeness (QED) is 0.379. The summed E-state index contributed by atoms with van der Waals surface area (Å²) in [6, 6.07) is 0. The second-order valence-corrected chi connectivity index (χ2v) is 10.6. The van der Waals surface area contributed by atoms with E-state index in [2.05, 4.69) is 40.4 Å². The molecule has 0 aliphatic rings. The number of rotatable bonds is 7. The van der Waals surface area contributed by atoms with Crippen molar-refractivity contribution >= 4 is 8.32 Å². The average molecular weight is 256 g/mol. The van der Waals surface area contributed by atoms with E-state index < -0.39 is 8.32 Å². The van der Waals surface area contributed by atoms with E-state index in [9.17, 15) is 0 Å². The van der Waals surface area contributed by atoms with Crippen LogP contribution in [-0.2, 0) is 9.16 Å². The standard InChI is InChI=1S/C14H28O2Si/c1-8-15-11-9-13(2)10-12-16-17(6,7)14(3,4)5/h9,11H,2,8,10,12H2,1,3-7H3/b11-9+. The summed E-state index contributed by atoms with van der Waals surface area (Å²) in [6.45, 7) is 18.7. The third kappa shape index (κ3) is 6.69. The normalized spacial score (nSPS) is 13.1. The van der Waals surface area contributed by atoms with E-state index in [1.54, 1.807) is 6.26 Å². The molecule has 0 aliphatic carbocycles. The first-order valence-electron chi connectivity index (χ1n) is 6.30. The van der Waals surface area contributed by atoms with Gasteiger partial charge < -0.3 is 9.16 Å². The fourth-order valence-corrected chi connectivity index (χ4v) is 2.02. The van der Waals surface area contributed by atoms with Crippen LogP contribution in [0.4, 0.5) is 0 Å². The highest BCUT2D eigenvalue weighted by Gasteiger charge is 2.36. The van der Waals surface area contributed by atoms with Crippen LogP contribution in [0.3, 0.4) is 0 Å². The van der Waals surface area contributed by atoms with E-state index in [0.29, 0.717) is 6.61 Å². The van der Waals surface area contributed by atoms with Gasteiger partial charge in [0.25, 0.3) is 0 Å². The van der Waals surface area contributed by atoms with Crippen molar-refractivity contribution in [1.82, 2.24) is 0 Å². The highest BCUT2D eigenvalue weighted by molar-refractivity contribution is 6.74. The molecule has 0 saturated heterocycles. The monoisotopic (exact) mass is 256 g/mol. The molecule has 17 heavy (non-hydrogen) atoms. The van der Waals surface area contributed by atoms with Crippen molar-refractivity contribution in [3.63, 3.8) is 0 Å². The van der Waals surface area contributed by atoms with Crippen molar-refractivity contribution in [3.05, 3.63) is 24.5 Å². The van der Waals surface area contributed by atoms with Crippen molar-refractivity contribution in [2.24, 2.45) is 0 Å². The minimum absolute atomic E-state index is 0.273. The second-order valence-electron chi connectivity index (χ2n) is 5.78. The van der Waals surface area contributed by atoms with Crippen molar-refractivity contribution in [3.8, 4) is 0 Å². The van der Waals surface area contributed by atoms with Gasteiger partial charge in [-0.3, -0.25) is 0 Å². The number of hydrogen-bond donors (Lipinski definition) is 0. The van der Waals surface area contributed by atoms with Crippen molar-refractivity contribution in [2.45, 2.75) is 52.2 Å². The van der Waals surface area contributed by atoms with Crippen LogP contribution in [-0.4, -0.2) is 21.5 Å². The summed E-state index contributed by atoms with van der Waals surface area (Å²) in [7, 11) is -1.61. The summed E-state index contributed by atoms with van der Waals surface area (Å²) < 4.78 is 11.2. The molecule has 0 saturated carbocycles.